The highest BCUT2D eigenvalue weighted by atomic mass is 33.3. The molecule has 1 unspecified atom stereocenters. The van der Waals surface area contributed by atoms with E-state index in [0.29, 0.717) is 18.4 Å². The van der Waals surface area contributed by atoms with Crippen molar-refractivity contribution >= 4 is 34.3 Å². The molecule has 0 aliphatic rings. The first-order valence-corrected chi connectivity index (χ1v) is 10.8. The van der Waals surface area contributed by atoms with Crippen LogP contribution in [0.15, 0.2) is 4.99 Å². The van der Waals surface area contributed by atoms with Crippen LogP contribution in [0, 0.1) is 11.8 Å². The summed E-state index contributed by atoms with van der Waals surface area (Å²) in [5.74, 6) is 2.02. The lowest BCUT2D eigenvalue weighted by Crippen LogP contribution is -2.09. The van der Waals surface area contributed by atoms with E-state index >= 15 is 0 Å². The predicted octanol–water partition coefficient (Wildman–Crippen LogP) is 4.44. The first-order valence-electron chi connectivity index (χ1n) is 6.21. The summed E-state index contributed by atoms with van der Waals surface area (Å²) in [6.45, 7) is 8.59. The van der Waals surface area contributed by atoms with E-state index in [4.69, 9.17) is 4.52 Å². The summed E-state index contributed by atoms with van der Waals surface area (Å²) in [5.41, 5.74) is 0. The molecule has 0 aromatic carbocycles. The van der Waals surface area contributed by atoms with Gasteiger partial charge < -0.3 is 4.52 Å². The van der Waals surface area contributed by atoms with Crippen molar-refractivity contribution in [2.24, 2.45) is 16.8 Å². The van der Waals surface area contributed by atoms with Gasteiger partial charge in [-0.3, -0.25) is 14.6 Å². The zero-order valence-corrected chi connectivity index (χ0v) is 14.4. The Morgan fingerprint density at radius 2 is 2.00 bits per heavy atom. The molecule has 0 rings (SSSR count). The van der Waals surface area contributed by atoms with Crippen LogP contribution >= 0.6 is 27.9 Å². The van der Waals surface area contributed by atoms with Crippen molar-refractivity contribution in [2.45, 2.75) is 34.6 Å². The molecule has 0 fully saturated rings. The highest BCUT2D eigenvalue weighted by Gasteiger charge is 2.22. The Hall–Kier alpha value is 0.360. The van der Waals surface area contributed by atoms with E-state index in [1.54, 1.807) is 10.8 Å². The van der Waals surface area contributed by atoms with Crippen molar-refractivity contribution in [3.05, 3.63) is 0 Å². The van der Waals surface area contributed by atoms with Gasteiger partial charge in [0.2, 0.25) is 0 Å². The summed E-state index contributed by atoms with van der Waals surface area (Å²) in [4.78, 5) is 4.17. The molecule has 0 aromatic rings. The molecule has 0 spiro atoms. The molecule has 108 valence electrons. The zero-order valence-electron chi connectivity index (χ0n) is 11.9. The molecule has 0 aliphatic carbocycles. The summed E-state index contributed by atoms with van der Waals surface area (Å²) in [5, 5.41) is 2.81. The van der Waals surface area contributed by atoms with Crippen LogP contribution in [0.4, 0.5) is 0 Å². The van der Waals surface area contributed by atoms with Crippen molar-refractivity contribution in [1.29, 1.82) is 0 Å². The fourth-order valence-corrected chi connectivity index (χ4v) is 6.76. The Balaban J connectivity index is 4.16. The van der Waals surface area contributed by atoms with Gasteiger partial charge in [0.1, 0.15) is 0 Å². The molecule has 7 heteroatoms. The fraction of sp³-hybridized carbons (Fsp3) is 0.909. The number of aliphatic imine (C=N–C) groups is 1. The SMILES string of the molecule is CCOP(=O)(NC=NCC(C)C)SSCC(C)C. The molecule has 0 heterocycles. The summed E-state index contributed by atoms with van der Waals surface area (Å²) < 4.78 is 17.7. The van der Waals surface area contributed by atoms with Crippen LogP contribution in [0.5, 0.6) is 0 Å². The molecule has 0 bridgehead atoms. The third-order valence-corrected chi connectivity index (χ3v) is 8.42. The van der Waals surface area contributed by atoms with Gasteiger partial charge in [0.05, 0.1) is 12.9 Å². The molecule has 0 aliphatic heterocycles. The number of nitrogens with zero attached hydrogens (tertiary/aromatic N) is 1. The predicted molar refractivity (Wildman–Crippen MR) is 85.5 cm³/mol. The Morgan fingerprint density at radius 3 is 2.50 bits per heavy atom. The lowest BCUT2D eigenvalue weighted by Gasteiger charge is -2.16. The minimum atomic E-state index is -2.86. The average Bonchev–Trinajstić information content (AvgIpc) is 2.24. The quantitative estimate of drug-likeness (QED) is 0.280. The van der Waals surface area contributed by atoms with Crippen LogP contribution in [0.1, 0.15) is 34.6 Å². The van der Waals surface area contributed by atoms with E-state index in [2.05, 4.69) is 37.8 Å². The minimum absolute atomic E-state index is 0.428. The number of nitrogens with one attached hydrogen (secondary N) is 1. The van der Waals surface area contributed by atoms with E-state index in [0.717, 1.165) is 12.3 Å². The van der Waals surface area contributed by atoms with Crippen LogP contribution in [-0.4, -0.2) is 25.2 Å². The third-order valence-electron chi connectivity index (χ3n) is 1.63. The summed E-state index contributed by atoms with van der Waals surface area (Å²) in [7, 11) is 2.86. The average molecular weight is 312 g/mol. The Bertz CT molecular complexity index is 286. The smallest absolute Gasteiger partial charge is 0.306 e. The maximum absolute atomic E-state index is 12.4. The van der Waals surface area contributed by atoms with E-state index in [9.17, 15) is 4.57 Å². The monoisotopic (exact) mass is 312 g/mol. The first-order chi connectivity index (χ1) is 8.39. The lowest BCUT2D eigenvalue weighted by molar-refractivity contribution is 0.343. The molecular weight excluding hydrogens is 287 g/mol. The largest absolute Gasteiger partial charge is 0.362 e. The van der Waals surface area contributed by atoms with E-state index < -0.39 is 6.72 Å². The summed E-state index contributed by atoms with van der Waals surface area (Å²) in [6.07, 6.45) is 1.51. The Kier molecular flexibility index (Phi) is 10.4. The van der Waals surface area contributed by atoms with Gasteiger partial charge in [0.25, 0.3) is 0 Å². The molecule has 1 N–H and O–H groups in total. The van der Waals surface area contributed by atoms with E-state index in [-0.39, 0.29) is 0 Å². The van der Waals surface area contributed by atoms with Gasteiger partial charge in [-0.2, -0.15) is 0 Å². The van der Waals surface area contributed by atoms with Gasteiger partial charge >= 0.3 is 6.72 Å². The molecule has 1 atom stereocenters. The van der Waals surface area contributed by atoms with Crippen LogP contribution < -0.4 is 5.09 Å². The second-order valence-electron chi connectivity index (χ2n) is 4.69. The van der Waals surface area contributed by atoms with Crippen LogP contribution in [0.3, 0.4) is 0 Å². The highest BCUT2D eigenvalue weighted by Crippen LogP contribution is 2.61. The standard InChI is InChI=1S/C11H25N2O2PS2/c1-6-15-16(14,18-17-8-11(4)5)13-9-12-7-10(2)3/h9-11H,6-8H2,1-5H3,(H,12,13,14). The van der Waals surface area contributed by atoms with Gasteiger partial charge in [-0.15, -0.1) is 0 Å². The fourth-order valence-electron chi connectivity index (χ4n) is 0.861. The molecule has 0 radical (unpaired) electrons. The van der Waals surface area contributed by atoms with Crippen molar-refractivity contribution in [3.8, 4) is 0 Å². The molecule has 4 nitrogen and oxygen atoms in total. The highest BCUT2D eigenvalue weighted by molar-refractivity contribution is 8.99. The van der Waals surface area contributed by atoms with Crippen molar-refractivity contribution in [3.63, 3.8) is 0 Å². The summed E-state index contributed by atoms with van der Waals surface area (Å²) in [6, 6.07) is 0. The van der Waals surface area contributed by atoms with Crippen molar-refractivity contribution < 1.29 is 9.09 Å². The number of hydrogen-bond donors (Lipinski definition) is 1. The van der Waals surface area contributed by atoms with Crippen molar-refractivity contribution in [1.82, 2.24) is 5.09 Å². The van der Waals surface area contributed by atoms with Gasteiger partial charge in [-0.05, 0) is 18.8 Å². The maximum atomic E-state index is 12.4. The van der Waals surface area contributed by atoms with Crippen molar-refractivity contribution in [2.75, 3.05) is 18.9 Å². The molecule has 0 saturated carbocycles. The first kappa shape index (κ1) is 18.4. The number of rotatable bonds is 10. The molecule has 0 saturated heterocycles. The zero-order chi connectivity index (χ0) is 14.0. The second kappa shape index (κ2) is 10.2. The van der Waals surface area contributed by atoms with E-state index in [1.807, 2.05) is 6.92 Å². The molecule has 0 amide bonds. The normalized spacial score (nSPS) is 15.5. The van der Waals surface area contributed by atoms with Crippen LogP contribution in [0.25, 0.3) is 0 Å². The molecular formula is C11H25N2O2PS2. The van der Waals surface area contributed by atoms with Gasteiger partial charge in [-0.1, -0.05) is 38.5 Å². The van der Waals surface area contributed by atoms with Crippen LogP contribution in [0.2, 0.25) is 0 Å². The molecule has 18 heavy (non-hydrogen) atoms. The van der Waals surface area contributed by atoms with Gasteiger partial charge in [0, 0.05) is 22.7 Å². The Labute approximate surface area is 119 Å². The minimum Gasteiger partial charge on any atom is -0.306 e. The van der Waals surface area contributed by atoms with Crippen LogP contribution in [-0.2, 0) is 9.09 Å². The number of hydrogen-bond acceptors (Lipinski definition) is 5. The lowest BCUT2D eigenvalue weighted by atomic mass is 10.2. The van der Waals surface area contributed by atoms with Gasteiger partial charge in [0.15, 0.2) is 0 Å². The summed E-state index contributed by atoms with van der Waals surface area (Å²) >= 11 is 0. The van der Waals surface area contributed by atoms with Gasteiger partial charge in [-0.25, -0.2) is 0 Å². The molecule has 0 aromatic heterocycles. The third kappa shape index (κ3) is 10.3. The second-order valence-corrected chi connectivity index (χ2v) is 10.9. The topological polar surface area (TPSA) is 50.7 Å². The maximum Gasteiger partial charge on any atom is 0.362 e. The van der Waals surface area contributed by atoms with E-state index in [1.165, 1.54) is 16.8 Å². The Morgan fingerprint density at radius 1 is 1.33 bits per heavy atom.